The zero-order valence-corrected chi connectivity index (χ0v) is 17.1. The van der Waals surface area contributed by atoms with Gasteiger partial charge in [0.25, 0.3) is 0 Å². The molecule has 1 heteroatoms. The molecule has 0 atom stereocenters. The molecule has 2 aliphatic rings. The first kappa shape index (κ1) is 19.3. The van der Waals surface area contributed by atoms with E-state index in [0.29, 0.717) is 5.92 Å². The van der Waals surface area contributed by atoms with Crippen molar-refractivity contribution in [3.63, 3.8) is 0 Å². The molecule has 0 unspecified atom stereocenters. The molecule has 0 bridgehead atoms. The second-order valence-corrected chi connectivity index (χ2v) is 8.66. The predicted octanol–water partition coefficient (Wildman–Crippen LogP) is 4.63. The largest absolute Gasteiger partial charge is 0.325 e. The van der Waals surface area contributed by atoms with Gasteiger partial charge in [0.1, 0.15) is 6.54 Å². The zero-order valence-electron chi connectivity index (χ0n) is 17.1. The molecule has 1 saturated heterocycles. The Labute approximate surface area is 171 Å². The maximum absolute atomic E-state index is 3.91. The van der Waals surface area contributed by atoms with Gasteiger partial charge >= 0.3 is 0 Å². The molecule has 2 fully saturated rings. The van der Waals surface area contributed by atoms with Crippen molar-refractivity contribution in [2.45, 2.75) is 56.8 Å². The third kappa shape index (κ3) is 4.18. The summed E-state index contributed by atoms with van der Waals surface area (Å²) < 4.78 is 0. The van der Waals surface area contributed by atoms with Gasteiger partial charge in [-0.15, -0.1) is 0 Å². The SMILES string of the molecule is C(#CC(c1ccccc1)(c1ccccc1)C1CCCCC1)C[NH+]1CCCCC1. The number of benzene rings is 2. The molecular weight excluding hydrogens is 338 g/mol. The molecule has 0 aromatic heterocycles. The van der Waals surface area contributed by atoms with Crippen molar-refractivity contribution in [1.82, 2.24) is 0 Å². The lowest BCUT2D eigenvalue weighted by atomic mass is 9.62. The molecule has 4 rings (SSSR count). The maximum atomic E-state index is 3.91. The van der Waals surface area contributed by atoms with Gasteiger partial charge in [-0.05, 0) is 55.1 Å². The monoisotopic (exact) mass is 372 g/mol. The fourth-order valence-corrected chi connectivity index (χ4v) is 5.36. The first-order valence-corrected chi connectivity index (χ1v) is 11.3. The highest BCUT2D eigenvalue weighted by Crippen LogP contribution is 2.45. The third-order valence-electron chi connectivity index (χ3n) is 6.86. The fourth-order valence-electron chi connectivity index (χ4n) is 5.36. The van der Waals surface area contributed by atoms with Crippen LogP contribution in [0.15, 0.2) is 60.7 Å². The van der Waals surface area contributed by atoms with Crippen molar-refractivity contribution in [2.75, 3.05) is 19.6 Å². The first-order chi connectivity index (χ1) is 13.9. The van der Waals surface area contributed by atoms with E-state index < -0.39 is 0 Å². The smallest absolute Gasteiger partial charge is 0.139 e. The number of nitrogens with one attached hydrogen (secondary N) is 1. The molecule has 0 radical (unpaired) electrons. The van der Waals surface area contributed by atoms with E-state index in [1.165, 1.54) is 75.6 Å². The van der Waals surface area contributed by atoms with Gasteiger partial charge in [-0.1, -0.05) is 85.8 Å². The van der Waals surface area contributed by atoms with E-state index >= 15 is 0 Å². The van der Waals surface area contributed by atoms with Crippen molar-refractivity contribution in [1.29, 1.82) is 0 Å². The quantitative estimate of drug-likeness (QED) is 0.747. The Bertz CT molecular complexity index is 732. The summed E-state index contributed by atoms with van der Waals surface area (Å²) in [7, 11) is 0. The molecule has 0 spiro atoms. The minimum Gasteiger partial charge on any atom is -0.325 e. The Kier molecular flexibility index (Phi) is 6.50. The van der Waals surface area contributed by atoms with Crippen LogP contribution in [0.2, 0.25) is 0 Å². The van der Waals surface area contributed by atoms with Gasteiger partial charge < -0.3 is 4.90 Å². The van der Waals surface area contributed by atoms with Crippen LogP contribution in [-0.4, -0.2) is 19.6 Å². The summed E-state index contributed by atoms with van der Waals surface area (Å²) >= 11 is 0. The van der Waals surface area contributed by atoms with E-state index in [1.807, 2.05) is 0 Å². The second-order valence-electron chi connectivity index (χ2n) is 8.66. The lowest BCUT2D eigenvalue weighted by Gasteiger charge is -2.40. The van der Waals surface area contributed by atoms with Crippen molar-refractivity contribution in [3.8, 4) is 11.8 Å². The van der Waals surface area contributed by atoms with Gasteiger partial charge in [-0.2, -0.15) is 0 Å². The Morgan fingerprint density at radius 1 is 0.714 bits per heavy atom. The van der Waals surface area contributed by atoms with E-state index in [9.17, 15) is 0 Å². The number of rotatable bonds is 4. The average Bonchev–Trinajstić information content (AvgIpc) is 2.79. The van der Waals surface area contributed by atoms with E-state index in [1.54, 1.807) is 4.90 Å². The van der Waals surface area contributed by atoms with Crippen molar-refractivity contribution in [3.05, 3.63) is 71.8 Å². The van der Waals surface area contributed by atoms with Gasteiger partial charge in [0.05, 0.1) is 18.5 Å². The summed E-state index contributed by atoms with van der Waals surface area (Å²) in [4.78, 5) is 1.68. The van der Waals surface area contributed by atoms with Gasteiger partial charge in [-0.25, -0.2) is 0 Å². The van der Waals surface area contributed by atoms with Crippen LogP contribution in [0.4, 0.5) is 0 Å². The maximum Gasteiger partial charge on any atom is 0.139 e. The highest BCUT2D eigenvalue weighted by atomic mass is 15.1. The average molecular weight is 373 g/mol. The molecule has 28 heavy (non-hydrogen) atoms. The Morgan fingerprint density at radius 2 is 1.25 bits per heavy atom. The molecule has 0 amide bonds. The highest BCUT2D eigenvalue weighted by molar-refractivity contribution is 5.49. The molecule has 1 N–H and O–H groups in total. The van der Waals surface area contributed by atoms with Crippen LogP contribution in [0.25, 0.3) is 0 Å². The van der Waals surface area contributed by atoms with Crippen molar-refractivity contribution < 1.29 is 4.90 Å². The number of quaternary nitrogens is 1. The van der Waals surface area contributed by atoms with E-state index in [-0.39, 0.29) is 5.41 Å². The van der Waals surface area contributed by atoms with Crippen LogP contribution in [0.5, 0.6) is 0 Å². The third-order valence-corrected chi connectivity index (χ3v) is 6.86. The summed E-state index contributed by atoms with van der Waals surface area (Å²) in [6.45, 7) is 3.58. The molecule has 1 nitrogen and oxygen atoms in total. The standard InChI is InChI=1S/C27H33N/c1-5-14-24(15-6-1)27(25-16-7-2-8-17-25,26-18-9-3-10-19-26)20-13-23-28-21-11-4-12-22-28/h1-2,5-8,14-17,26H,3-4,9-12,18-19,21-23H2/p+1. The predicted molar refractivity (Wildman–Crippen MR) is 117 cm³/mol. The molecular formula is C27H34N+. The van der Waals surface area contributed by atoms with Gasteiger partial charge in [0.2, 0.25) is 0 Å². The lowest BCUT2D eigenvalue weighted by molar-refractivity contribution is -0.897. The number of likely N-dealkylation sites (tertiary alicyclic amines) is 1. The van der Waals surface area contributed by atoms with Gasteiger partial charge in [0.15, 0.2) is 0 Å². The van der Waals surface area contributed by atoms with Crippen LogP contribution in [-0.2, 0) is 5.41 Å². The molecule has 1 heterocycles. The van der Waals surface area contributed by atoms with E-state index in [2.05, 4.69) is 72.5 Å². The molecule has 1 aliphatic heterocycles. The Hall–Kier alpha value is -2.04. The fraction of sp³-hybridized carbons (Fsp3) is 0.481. The van der Waals surface area contributed by atoms with Crippen LogP contribution in [0.1, 0.15) is 62.5 Å². The lowest BCUT2D eigenvalue weighted by Crippen LogP contribution is -3.12. The van der Waals surface area contributed by atoms with Crippen molar-refractivity contribution in [2.24, 2.45) is 5.92 Å². The summed E-state index contributed by atoms with van der Waals surface area (Å²) in [6, 6.07) is 22.3. The summed E-state index contributed by atoms with van der Waals surface area (Å²) in [5.41, 5.74) is 2.60. The van der Waals surface area contributed by atoms with Gasteiger partial charge in [-0.3, -0.25) is 0 Å². The first-order valence-electron chi connectivity index (χ1n) is 11.3. The topological polar surface area (TPSA) is 4.44 Å². The summed E-state index contributed by atoms with van der Waals surface area (Å²) in [5, 5.41) is 0. The van der Waals surface area contributed by atoms with E-state index in [0.717, 1.165) is 6.54 Å². The highest BCUT2D eigenvalue weighted by Gasteiger charge is 2.41. The molecule has 2 aromatic rings. The van der Waals surface area contributed by atoms with E-state index in [4.69, 9.17) is 0 Å². The number of hydrogen-bond acceptors (Lipinski definition) is 0. The molecule has 1 aliphatic carbocycles. The summed E-state index contributed by atoms with van der Waals surface area (Å²) in [5.74, 6) is 8.22. The van der Waals surface area contributed by atoms with Crippen LogP contribution in [0.3, 0.4) is 0 Å². The Morgan fingerprint density at radius 3 is 1.82 bits per heavy atom. The van der Waals surface area contributed by atoms with Crippen LogP contribution < -0.4 is 4.90 Å². The normalized spacial score (nSPS) is 19.0. The van der Waals surface area contributed by atoms with Crippen LogP contribution in [0, 0.1) is 17.8 Å². The second kappa shape index (κ2) is 9.44. The molecule has 146 valence electrons. The minimum absolute atomic E-state index is 0.168. The van der Waals surface area contributed by atoms with Gasteiger partial charge in [0, 0.05) is 0 Å². The minimum atomic E-state index is -0.168. The van der Waals surface area contributed by atoms with Crippen LogP contribution >= 0.6 is 0 Å². The molecule has 2 aromatic carbocycles. The number of hydrogen-bond donors (Lipinski definition) is 1. The van der Waals surface area contributed by atoms with Crippen molar-refractivity contribution >= 4 is 0 Å². The zero-order chi connectivity index (χ0) is 19.1. The summed E-state index contributed by atoms with van der Waals surface area (Å²) in [6.07, 6.45) is 10.8. The Balaban J connectivity index is 1.76. The molecule has 1 saturated carbocycles. The number of piperidine rings is 1.